The molecule has 2 unspecified atom stereocenters. The third-order valence-electron chi connectivity index (χ3n) is 8.38. The highest BCUT2D eigenvalue weighted by molar-refractivity contribution is 6.30. The van der Waals surface area contributed by atoms with Crippen LogP contribution in [0.2, 0.25) is 5.02 Å². The Hall–Kier alpha value is -2.73. The molecule has 2 saturated carbocycles. The van der Waals surface area contributed by atoms with Crippen LogP contribution >= 0.6 is 11.6 Å². The first-order valence-electron chi connectivity index (χ1n) is 13.0. The van der Waals surface area contributed by atoms with Gasteiger partial charge >= 0.3 is 0 Å². The van der Waals surface area contributed by atoms with Gasteiger partial charge in [-0.3, -0.25) is 9.59 Å². The fourth-order valence-corrected chi connectivity index (χ4v) is 5.60. The summed E-state index contributed by atoms with van der Waals surface area (Å²) in [6.07, 6.45) is 6.31. The second-order valence-corrected chi connectivity index (χ2v) is 11.1. The van der Waals surface area contributed by atoms with Crippen LogP contribution in [0.15, 0.2) is 42.5 Å². The molecular weight excluding hydrogens is 476 g/mol. The van der Waals surface area contributed by atoms with E-state index in [-0.39, 0.29) is 29.2 Å². The maximum absolute atomic E-state index is 13.3. The van der Waals surface area contributed by atoms with E-state index in [0.29, 0.717) is 47.7 Å². The van der Waals surface area contributed by atoms with E-state index >= 15 is 0 Å². The minimum Gasteiger partial charge on any atom is -0.493 e. The highest BCUT2D eigenvalue weighted by Crippen LogP contribution is 2.49. The number of benzene rings is 2. The van der Waals surface area contributed by atoms with Crippen LogP contribution in [0.1, 0.15) is 67.3 Å². The van der Waals surface area contributed by atoms with Crippen LogP contribution in [0.5, 0.6) is 11.5 Å². The molecule has 2 amide bonds. The highest BCUT2D eigenvalue weighted by Gasteiger charge is 2.49. The summed E-state index contributed by atoms with van der Waals surface area (Å²) in [5.41, 5.74) is 1.68. The van der Waals surface area contributed by atoms with Gasteiger partial charge in [-0.15, -0.1) is 0 Å². The maximum Gasteiger partial charge on any atom is 0.253 e. The van der Waals surface area contributed by atoms with Crippen molar-refractivity contribution in [1.29, 1.82) is 0 Å². The molecule has 7 heteroatoms. The minimum absolute atomic E-state index is 0.0278. The zero-order chi connectivity index (χ0) is 25.3. The molecule has 3 aliphatic rings. The van der Waals surface area contributed by atoms with Crippen molar-refractivity contribution in [2.75, 3.05) is 26.8 Å². The van der Waals surface area contributed by atoms with Crippen LogP contribution in [-0.4, -0.2) is 49.6 Å². The lowest BCUT2D eigenvalue weighted by molar-refractivity contribution is -0.126. The first kappa shape index (κ1) is 24.9. The van der Waals surface area contributed by atoms with Gasteiger partial charge in [-0.05, 0) is 92.7 Å². The molecule has 2 aromatic rings. The fraction of sp³-hybridized carbons (Fsp3) is 0.517. The molecule has 1 aliphatic heterocycles. The number of carbonyl (C=O) groups is 2. The molecule has 2 atom stereocenters. The van der Waals surface area contributed by atoms with Crippen LogP contribution in [0.4, 0.5) is 0 Å². The third-order valence-corrected chi connectivity index (χ3v) is 8.63. The van der Waals surface area contributed by atoms with Crippen LogP contribution in [0.25, 0.3) is 0 Å². The molecular formula is C29H35ClN2O4. The van der Waals surface area contributed by atoms with Crippen LogP contribution in [-0.2, 0) is 4.79 Å². The summed E-state index contributed by atoms with van der Waals surface area (Å²) in [5.74, 6) is 1.77. The zero-order valence-electron chi connectivity index (χ0n) is 21.1. The number of halogens is 1. The summed E-state index contributed by atoms with van der Waals surface area (Å²) in [5, 5.41) is 3.98. The molecule has 2 aromatic carbocycles. The van der Waals surface area contributed by atoms with Crippen molar-refractivity contribution in [3.8, 4) is 11.5 Å². The summed E-state index contributed by atoms with van der Waals surface area (Å²) in [6, 6.07) is 13.1. The number of piperidine rings is 1. The van der Waals surface area contributed by atoms with E-state index in [4.69, 9.17) is 21.1 Å². The number of carbonyl (C=O) groups excluding carboxylic acids is 2. The highest BCUT2D eigenvalue weighted by atomic mass is 35.5. The van der Waals surface area contributed by atoms with Gasteiger partial charge in [-0.1, -0.05) is 23.7 Å². The summed E-state index contributed by atoms with van der Waals surface area (Å²) in [7, 11) is 1.62. The van der Waals surface area contributed by atoms with Gasteiger partial charge in [0.15, 0.2) is 11.5 Å². The number of likely N-dealkylation sites (tertiary alicyclic amines) is 1. The fourth-order valence-electron chi connectivity index (χ4n) is 5.47. The second kappa shape index (κ2) is 10.3. The van der Waals surface area contributed by atoms with Gasteiger partial charge in [-0.2, -0.15) is 0 Å². The van der Waals surface area contributed by atoms with Gasteiger partial charge in [0.1, 0.15) is 0 Å². The molecule has 1 N–H and O–H groups in total. The first-order valence-corrected chi connectivity index (χ1v) is 13.4. The molecule has 1 heterocycles. The number of ether oxygens (including phenoxy) is 2. The van der Waals surface area contributed by atoms with Crippen molar-refractivity contribution in [3.63, 3.8) is 0 Å². The van der Waals surface area contributed by atoms with Crippen molar-refractivity contribution in [3.05, 3.63) is 58.6 Å². The van der Waals surface area contributed by atoms with Crippen molar-refractivity contribution in [1.82, 2.24) is 10.2 Å². The molecule has 3 fully saturated rings. The van der Waals surface area contributed by atoms with Gasteiger partial charge < -0.3 is 19.7 Å². The van der Waals surface area contributed by atoms with Gasteiger partial charge in [0.25, 0.3) is 5.91 Å². The number of amides is 2. The Morgan fingerprint density at radius 2 is 1.78 bits per heavy atom. The molecule has 0 radical (unpaired) electrons. The number of hydrogen-bond donors (Lipinski definition) is 1. The first-order chi connectivity index (χ1) is 17.4. The number of methoxy groups -OCH3 is 1. The molecule has 1 saturated heterocycles. The Morgan fingerprint density at radius 1 is 1.06 bits per heavy atom. The number of nitrogens with one attached hydrogen (secondary N) is 1. The molecule has 5 rings (SSSR count). The van der Waals surface area contributed by atoms with Crippen molar-refractivity contribution in [2.24, 2.45) is 11.3 Å². The minimum atomic E-state index is -0.229. The van der Waals surface area contributed by atoms with Crippen LogP contribution in [0.3, 0.4) is 0 Å². The molecule has 0 aromatic heterocycles. The molecule has 1 spiro atoms. The second-order valence-electron chi connectivity index (χ2n) is 10.6. The smallest absolute Gasteiger partial charge is 0.253 e. The Kier molecular flexibility index (Phi) is 7.16. The van der Waals surface area contributed by atoms with E-state index in [1.807, 2.05) is 54.3 Å². The Morgan fingerprint density at radius 3 is 2.39 bits per heavy atom. The summed E-state index contributed by atoms with van der Waals surface area (Å²) in [4.78, 5) is 28.2. The van der Waals surface area contributed by atoms with Gasteiger partial charge in [-0.25, -0.2) is 0 Å². The number of hydrogen-bond acceptors (Lipinski definition) is 4. The summed E-state index contributed by atoms with van der Waals surface area (Å²) in [6.45, 7) is 4.00. The molecule has 2 aliphatic carbocycles. The molecule has 6 nitrogen and oxygen atoms in total. The SMILES string of the molecule is COc1ccc(C(=O)N2CCC3(CCC3NC(=O)C(C)c3ccc(Cl)cc3)CC2)cc1OCC1CC1. The Labute approximate surface area is 218 Å². The van der Waals surface area contributed by atoms with E-state index in [1.54, 1.807) is 7.11 Å². The van der Waals surface area contributed by atoms with Crippen molar-refractivity contribution >= 4 is 23.4 Å². The topological polar surface area (TPSA) is 67.9 Å². The monoisotopic (exact) mass is 510 g/mol. The molecule has 36 heavy (non-hydrogen) atoms. The van der Waals surface area contributed by atoms with E-state index in [1.165, 1.54) is 12.8 Å². The van der Waals surface area contributed by atoms with Crippen molar-refractivity contribution < 1.29 is 19.1 Å². The lowest BCUT2D eigenvalue weighted by Gasteiger charge is -2.54. The Bertz CT molecular complexity index is 1110. The van der Waals surface area contributed by atoms with Crippen molar-refractivity contribution in [2.45, 2.75) is 57.4 Å². The maximum atomic E-state index is 13.3. The van der Waals surface area contributed by atoms with E-state index < -0.39 is 0 Å². The standard InChI is InChI=1S/C29H35ClN2O4/c1-19(21-5-8-23(30)9-6-21)27(33)31-26-11-12-29(26)13-15-32(16-14-29)28(34)22-7-10-24(35-2)25(17-22)36-18-20-3-4-20/h5-10,17,19-20,26H,3-4,11-16,18H2,1-2H3,(H,31,33). The predicted molar refractivity (Wildman–Crippen MR) is 140 cm³/mol. The normalized spacial score (nSPS) is 21.4. The molecule has 192 valence electrons. The third kappa shape index (κ3) is 5.19. The number of nitrogens with zero attached hydrogens (tertiary/aromatic N) is 1. The van der Waals surface area contributed by atoms with Gasteiger partial charge in [0.05, 0.1) is 19.6 Å². The summed E-state index contributed by atoms with van der Waals surface area (Å²) < 4.78 is 11.4. The predicted octanol–water partition coefficient (Wildman–Crippen LogP) is 5.44. The van der Waals surface area contributed by atoms with E-state index in [9.17, 15) is 9.59 Å². The van der Waals surface area contributed by atoms with Crippen LogP contribution < -0.4 is 14.8 Å². The number of rotatable bonds is 8. The largest absolute Gasteiger partial charge is 0.493 e. The molecule has 0 bridgehead atoms. The quantitative estimate of drug-likeness (QED) is 0.513. The van der Waals surface area contributed by atoms with E-state index in [2.05, 4.69) is 5.32 Å². The Balaban J connectivity index is 1.17. The van der Waals surface area contributed by atoms with Crippen LogP contribution in [0, 0.1) is 11.3 Å². The zero-order valence-corrected chi connectivity index (χ0v) is 21.9. The van der Waals surface area contributed by atoms with Gasteiger partial charge in [0.2, 0.25) is 5.91 Å². The average Bonchev–Trinajstić information content (AvgIpc) is 3.74. The lowest BCUT2D eigenvalue weighted by Crippen LogP contribution is -2.60. The summed E-state index contributed by atoms with van der Waals surface area (Å²) >= 11 is 5.99. The van der Waals surface area contributed by atoms with Gasteiger partial charge in [0, 0.05) is 29.7 Å². The van der Waals surface area contributed by atoms with E-state index in [0.717, 1.165) is 31.2 Å². The average molecular weight is 511 g/mol. The lowest BCUT2D eigenvalue weighted by atomic mass is 9.59.